The molecule has 2 aromatic rings. The van der Waals surface area contributed by atoms with Crippen molar-refractivity contribution in [1.29, 1.82) is 0 Å². The topological polar surface area (TPSA) is 77.2 Å². The van der Waals surface area contributed by atoms with Crippen LogP contribution in [0.4, 0.5) is 0 Å². The van der Waals surface area contributed by atoms with E-state index in [0.29, 0.717) is 23.6 Å². The number of carbonyl (C=O) groups is 1. The average Bonchev–Trinajstić information content (AvgIpc) is 2.88. The maximum atomic E-state index is 11.3. The molecule has 0 fully saturated rings. The number of aryl methyl sites for hydroxylation is 1. The molecule has 0 spiro atoms. The molecule has 2 rings (SSSR count). The van der Waals surface area contributed by atoms with Gasteiger partial charge in [0.05, 0.1) is 7.11 Å². The Hall–Kier alpha value is -2.37. The highest BCUT2D eigenvalue weighted by atomic mass is 16.5. The minimum Gasteiger partial charge on any atom is -0.496 e. The molecule has 0 atom stereocenters. The van der Waals surface area contributed by atoms with Gasteiger partial charge in [-0.2, -0.15) is 0 Å². The number of hydrogen-bond donors (Lipinski definition) is 1. The van der Waals surface area contributed by atoms with Gasteiger partial charge in [0.1, 0.15) is 11.4 Å². The van der Waals surface area contributed by atoms with Gasteiger partial charge in [-0.25, -0.2) is 9.48 Å². The summed E-state index contributed by atoms with van der Waals surface area (Å²) in [6.45, 7) is 2.70. The number of aromatic nitrogens is 3. The van der Waals surface area contributed by atoms with Crippen LogP contribution in [0.1, 0.15) is 30.3 Å². The van der Waals surface area contributed by atoms with Crippen molar-refractivity contribution in [2.75, 3.05) is 7.11 Å². The second kappa shape index (κ2) is 6.18. The molecule has 0 bridgehead atoms. The van der Waals surface area contributed by atoms with Gasteiger partial charge >= 0.3 is 5.97 Å². The fourth-order valence-electron chi connectivity index (χ4n) is 2.03. The third-order valence-corrected chi connectivity index (χ3v) is 3.02. The van der Waals surface area contributed by atoms with Crippen LogP contribution in [-0.4, -0.2) is 33.2 Å². The summed E-state index contributed by atoms with van der Waals surface area (Å²) in [5.74, 6) is -0.483. The molecule has 6 heteroatoms. The molecule has 20 heavy (non-hydrogen) atoms. The minimum atomic E-state index is -1.09. The molecule has 1 heterocycles. The van der Waals surface area contributed by atoms with Crippen LogP contribution < -0.4 is 4.74 Å². The zero-order chi connectivity index (χ0) is 14.5. The maximum Gasteiger partial charge on any atom is 0.358 e. The van der Waals surface area contributed by atoms with E-state index in [4.69, 9.17) is 4.74 Å². The van der Waals surface area contributed by atoms with Gasteiger partial charge in [-0.3, -0.25) is 0 Å². The monoisotopic (exact) mass is 275 g/mol. The molecule has 1 N–H and O–H groups in total. The summed E-state index contributed by atoms with van der Waals surface area (Å²) in [6, 6.07) is 7.27. The predicted molar refractivity (Wildman–Crippen MR) is 73.9 cm³/mol. The molecule has 0 saturated heterocycles. The van der Waals surface area contributed by atoms with E-state index in [0.717, 1.165) is 12.8 Å². The quantitative estimate of drug-likeness (QED) is 0.876. The van der Waals surface area contributed by atoms with Crippen LogP contribution in [0.2, 0.25) is 0 Å². The molecular formula is C14H17N3O3. The molecule has 6 nitrogen and oxygen atoms in total. The van der Waals surface area contributed by atoms with Crippen molar-refractivity contribution in [2.45, 2.75) is 26.3 Å². The van der Waals surface area contributed by atoms with E-state index >= 15 is 0 Å². The summed E-state index contributed by atoms with van der Waals surface area (Å²) in [7, 11) is 1.56. The van der Waals surface area contributed by atoms with Crippen LogP contribution >= 0.6 is 0 Å². The number of rotatable bonds is 6. The molecule has 0 aliphatic rings. The number of para-hydroxylation sites is 1. The van der Waals surface area contributed by atoms with E-state index in [1.54, 1.807) is 17.9 Å². The van der Waals surface area contributed by atoms with Gasteiger partial charge in [0.2, 0.25) is 0 Å². The molecule has 0 aliphatic heterocycles. The summed E-state index contributed by atoms with van der Waals surface area (Å²) in [4.78, 5) is 11.3. The zero-order valence-corrected chi connectivity index (χ0v) is 11.5. The van der Waals surface area contributed by atoms with E-state index in [9.17, 15) is 9.90 Å². The Balaban J connectivity index is 2.57. The van der Waals surface area contributed by atoms with Crippen molar-refractivity contribution in [3.05, 3.63) is 30.0 Å². The van der Waals surface area contributed by atoms with E-state index < -0.39 is 5.97 Å². The van der Waals surface area contributed by atoms with E-state index in [1.807, 2.05) is 18.2 Å². The second-order valence-corrected chi connectivity index (χ2v) is 4.37. The number of benzene rings is 1. The number of carboxylic acid groups (broad SMARTS) is 1. The molecule has 0 aliphatic carbocycles. The van der Waals surface area contributed by atoms with E-state index in [1.165, 1.54) is 0 Å². The van der Waals surface area contributed by atoms with Crippen LogP contribution in [0.5, 0.6) is 5.75 Å². The molecule has 0 unspecified atom stereocenters. The first-order chi connectivity index (χ1) is 9.69. The number of carboxylic acids is 1. The van der Waals surface area contributed by atoms with E-state index in [2.05, 4.69) is 17.2 Å². The number of unbranched alkanes of at least 4 members (excludes halogenated alkanes) is 1. The Bertz CT molecular complexity index is 607. The molecule has 1 aromatic carbocycles. The predicted octanol–water partition coefficient (Wildman–Crippen LogP) is 2.45. The first kappa shape index (κ1) is 14.0. The lowest BCUT2D eigenvalue weighted by atomic mass is 10.1. The van der Waals surface area contributed by atoms with Crippen molar-refractivity contribution in [3.8, 4) is 17.0 Å². The summed E-state index contributed by atoms with van der Waals surface area (Å²) in [5.41, 5.74) is 1.13. The van der Waals surface area contributed by atoms with Crippen LogP contribution in [-0.2, 0) is 6.54 Å². The van der Waals surface area contributed by atoms with Crippen molar-refractivity contribution in [3.63, 3.8) is 0 Å². The average molecular weight is 275 g/mol. The van der Waals surface area contributed by atoms with Gasteiger partial charge in [-0.05, 0) is 18.6 Å². The fraction of sp³-hybridized carbons (Fsp3) is 0.357. The fourth-order valence-corrected chi connectivity index (χ4v) is 2.03. The van der Waals surface area contributed by atoms with Gasteiger partial charge in [0.15, 0.2) is 5.69 Å². The number of ether oxygens (including phenoxy) is 1. The number of aromatic carboxylic acids is 1. The second-order valence-electron chi connectivity index (χ2n) is 4.37. The normalized spacial score (nSPS) is 10.5. The highest BCUT2D eigenvalue weighted by molar-refractivity contribution is 5.93. The highest BCUT2D eigenvalue weighted by Crippen LogP contribution is 2.31. The Morgan fingerprint density at radius 1 is 1.40 bits per heavy atom. The van der Waals surface area contributed by atoms with Crippen molar-refractivity contribution >= 4 is 5.97 Å². The van der Waals surface area contributed by atoms with E-state index in [-0.39, 0.29) is 5.69 Å². The third kappa shape index (κ3) is 2.64. The highest BCUT2D eigenvalue weighted by Gasteiger charge is 2.22. The van der Waals surface area contributed by atoms with Crippen molar-refractivity contribution < 1.29 is 14.6 Å². The van der Waals surface area contributed by atoms with Gasteiger partial charge in [-0.1, -0.05) is 30.7 Å². The van der Waals surface area contributed by atoms with Crippen molar-refractivity contribution in [1.82, 2.24) is 15.0 Å². The van der Waals surface area contributed by atoms with Crippen LogP contribution in [0.15, 0.2) is 24.3 Å². The van der Waals surface area contributed by atoms with Crippen LogP contribution in [0, 0.1) is 0 Å². The smallest absolute Gasteiger partial charge is 0.358 e. The summed E-state index contributed by atoms with van der Waals surface area (Å²) < 4.78 is 6.93. The largest absolute Gasteiger partial charge is 0.496 e. The Labute approximate surface area is 117 Å². The first-order valence-electron chi connectivity index (χ1n) is 6.49. The third-order valence-electron chi connectivity index (χ3n) is 3.02. The number of methoxy groups -OCH3 is 1. The van der Waals surface area contributed by atoms with Gasteiger partial charge in [0.25, 0.3) is 0 Å². The first-order valence-corrected chi connectivity index (χ1v) is 6.49. The lowest BCUT2D eigenvalue weighted by molar-refractivity contribution is 0.0691. The lowest BCUT2D eigenvalue weighted by Crippen LogP contribution is -2.06. The Morgan fingerprint density at radius 2 is 2.15 bits per heavy atom. The van der Waals surface area contributed by atoms with Gasteiger partial charge < -0.3 is 9.84 Å². The molecule has 1 aromatic heterocycles. The van der Waals surface area contributed by atoms with Crippen LogP contribution in [0.25, 0.3) is 11.3 Å². The van der Waals surface area contributed by atoms with Crippen LogP contribution in [0.3, 0.4) is 0 Å². The Kier molecular flexibility index (Phi) is 4.34. The number of nitrogens with zero attached hydrogens (tertiary/aromatic N) is 3. The number of hydrogen-bond acceptors (Lipinski definition) is 4. The zero-order valence-electron chi connectivity index (χ0n) is 11.5. The standard InChI is InChI=1S/C14H17N3O3/c1-3-4-9-17-13(12(14(18)19)15-16-17)10-7-5-6-8-11(10)20-2/h5-8H,3-4,9H2,1-2H3,(H,18,19). The summed E-state index contributed by atoms with van der Waals surface area (Å²) in [5, 5.41) is 17.0. The minimum absolute atomic E-state index is 0.0504. The van der Waals surface area contributed by atoms with Gasteiger partial charge in [0, 0.05) is 12.1 Å². The molecule has 0 saturated carbocycles. The molecule has 0 amide bonds. The molecule has 0 radical (unpaired) electrons. The van der Waals surface area contributed by atoms with Crippen molar-refractivity contribution in [2.24, 2.45) is 0 Å². The SMILES string of the molecule is CCCCn1nnc(C(=O)O)c1-c1ccccc1OC. The summed E-state index contributed by atoms with van der Waals surface area (Å²) in [6.07, 6.45) is 1.90. The van der Waals surface area contributed by atoms with Gasteiger partial charge in [-0.15, -0.1) is 5.10 Å². The molecule has 106 valence electrons. The summed E-state index contributed by atoms with van der Waals surface area (Å²) >= 11 is 0. The Morgan fingerprint density at radius 3 is 2.80 bits per heavy atom. The maximum absolute atomic E-state index is 11.3. The lowest BCUT2D eigenvalue weighted by Gasteiger charge is -2.10. The molecular weight excluding hydrogens is 258 g/mol.